The monoisotopic (exact) mass is 225 g/mol. The fourth-order valence-corrected chi connectivity index (χ4v) is 1.27. The van der Waals surface area contributed by atoms with E-state index in [0.717, 1.165) is 0 Å². The van der Waals surface area contributed by atoms with Gasteiger partial charge in [-0.15, -0.1) is 0 Å². The number of nitrogens with zero attached hydrogens (tertiary/aromatic N) is 3. The SMILES string of the molecule is [N-]=[N+]=NCCC=Cc1c(F)cccc1Cl. The van der Waals surface area contributed by atoms with Gasteiger partial charge in [0.25, 0.3) is 0 Å². The van der Waals surface area contributed by atoms with E-state index in [2.05, 4.69) is 10.0 Å². The lowest BCUT2D eigenvalue weighted by atomic mass is 10.2. The van der Waals surface area contributed by atoms with E-state index in [0.29, 0.717) is 23.6 Å². The van der Waals surface area contributed by atoms with Crippen LogP contribution in [0.15, 0.2) is 29.4 Å². The van der Waals surface area contributed by atoms with Crippen LogP contribution in [-0.2, 0) is 0 Å². The van der Waals surface area contributed by atoms with Gasteiger partial charge in [-0.2, -0.15) is 0 Å². The zero-order valence-electron chi connectivity index (χ0n) is 7.90. The summed E-state index contributed by atoms with van der Waals surface area (Å²) in [5.74, 6) is -0.359. The van der Waals surface area contributed by atoms with E-state index in [9.17, 15) is 4.39 Å². The van der Waals surface area contributed by atoms with E-state index in [-0.39, 0.29) is 5.82 Å². The van der Waals surface area contributed by atoms with Crippen LogP contribution in [0.1, 0.15) is 12.0 Å². The maximum atomic E-state index is 13.2. The quantitative estimate of drug-likeness (QED) is 0.319. The predicted molar refractivity (Wildman–Crippen MR) is 59.1 cm³/mol. The van der Waals surface area contributed by atoms with Gasteiger partial charge < -0.3 is 0 Å². The van der Waals surface area contributed by atoms with Gasteiger partial charge in [-0.3, -0.25) is 0 Å². The maximum absolute atomic E-state index is 13.2. The molecule has 0 saturated carbocycles. The Bertz CT molecular complexity index is 391. The molecule has 1 aromatic rings. The number of hydrogen-bond acceptors (Lipinski definition) is 1. The number of azide groups is 1. The molecule has 5 heteroatoms. The van der Waals surface area contributed by atoms with E-state index in [1.54, 1.807) is 24.3 Å². The van der Waals surface area contributed by atoms with Crippen LogP contribution in [0, 0.1) is 5.82 Å². The molecule has 0 aliphatic rings. The molecule has 0 unspecified atom stereocenters. The van der Waals surface area contributed by atoms with Crippen LogP contribution in [0.3, 0.4) is 0 Å². The molecular weight excluding hydrogens is 217 g/mol. The van der Waals surface area contributed by atoms with Crippen molar-refractivity contribution >= 4 is 17.7 Å². The molecule has 0 aromatic heterocycles. The van der Waals surface area contributed by atoms with Crippen LogP contribution in [0.25, 0.3) is 16.5 Å². The molecular formula is C10H9ClFN3. The zero-order chi connectivity index (χ0) is 11.1. The minimum Gasteiger partial charge on any atom is -0.206 e. The first-order chi connectivity index (χ1) is 7.25. The standard InChI is InChI=1S/C10H9ClFN3/c11-9-5-3-6-10(12)8(9)4-1-2-7-14-15-13/h1,3-6H,2,7H2. The second-order valence-electron chi connectivity index (χ2n) is 2.78. The lowest BCUT2D eigenvalue weighted by molar-refractivity contribution is 0.625. The average Bonchev–Trinajstić information content (AvgIpc) is 2.21. The summed E-state index contributed by atoms with van der Waals surface area (Å²) in [6, 6.07) is 4.52. The molecule has 0 fully saturated rings. The molecule has 0 aliphatic carbocycles. The highest BCUT2D eigenvalue weighted by Crippen LogP contribution is 2.20. The van der Waals surface area contributed by atoms with Gasteiger partial charge in [-0.25, -0.2) is 4.39 Å². The molecule has 0 saturated heterocycles. The third kappa shape index (κ3) is 3.62. The highest BCUT2D eigenvalue weighted by Gasteiger charge is 2.01. The van der Waals surface area contributed by atoms with Crippen molar-refractivity contribution in [2.75, 3.05) is 6.54 Å². The van der Waals surface area contributed by atoms with Crippen LogP contribution in [0.2, 0.25) is 5.02 Å². The lowest BCUT2D eigenvalue weighted by Gasteiger charge is -1.98. The molecule has 0 spiro atoms. The van der Waals surface area contributed by atoms with Crippen molar-refractivity contribution in [2.45, 2.75) is 6.42 Å². The molecule has 0 bridgehead atoms. The molecule has 78 valence electrons. The molecule has 0 aliphatic heterocycles. The van der Waals surface area contributed by atoms with Gasteiger partial charge in [-0.1, -0.05) is 34.9 Å². The molecule has 0 heterocycles. The fourth-order valence-electron chi connectivity index (χ4n) is 1.05. The van der Waals surface area contributed by atoms with Crippen LogP contribution in [-0.4, -0.2) is 6.54 Å². The minimum absolute atomic E-state index is 0.359. The summed E-state index contributed by atoms with van der Waals surface area (Å²) in [7, 11) is 0. The lowest BCUT2D eigenvalue weighted by Crippen LogP contribution is -1.82. The van der Waals surface area contributed by atoms with Gasteiger partial charge in [-0.05, 0) is 24.1 Å². The van der Waals surface area contributed by atoms with E-state index in [4.69, 9.17) is 17.1 Å². The minimum atomic E-state index is -0.359. The van der Waals surface area contributed by atoms with Crippen LogP contribution in [0.5, 0.6) is 0 Å². The van der Waals surface area contributed by atoms with Crippen molar-refractivity contribution in [3.8, 4) is 0 Å². The van der Waals surface area contributed by atoms with Crippen molar-refractivity contribution in [1.82, 2.24) is 0 Å². The van der Waals surface area contributed by atoms with E-state index in [1.165, 1.54) is 6.07 Å². The van der Waals surface area contributed by atoms with Crippen molar-refractivity contribution in [2.24, 2.45) is 5.11 Å². The first kappa shape index (κ1) is 11.6. The van der Waals surface area contributed by atoms with Gasteiger partial charge in [0.1, 0.15) is 5.82 Å². The fraction of sp³-hybridized carbons (Fsp3) is 0.200. The summed E-state index contributed by atoms with van der Waals surface area (Å²) in [6.07, 6.45) is 3.87. The Balaban J connectivity index is 2.67. The number of rotatable bonds is 4. The Morgan fingerprint density at radius 3 is 3.00 bits per heavy atom. The Morgan fingerprint density at radius 1 is 1.53 bits per heavy atom. The molecule has 0 amide bonds. The third-order valence-corrected chi connectivity index (χ3v) is 2.07. The van der Waals surface area contributed by atoms with Crippen LogP contribution in [0.4, 0.5) is 4.39 Å². The molecule has 3 nitrogen and oxygen atoms in total. The van der Waals surface area contributed by atoms with Crippen LogP contribution < -0.4 is 0 Å². The summed E-state index contributed by atoms with van der Waals surface area (Å²) >= 11 is 5.80. The number of benzene rings is 1. The van der Waals surface area contributed by atoms with Crippen molar-refractivity contribution < 1.29 is 4.39 Å². The predicted octanol–water partition coefficient (Wildman–Crippen LogP) is 4.19. The van der Waals surface area contributed by atoms with Gasteiger partial charge >= 0.3 is 0 Å². The summed E-state index contributed by atoms with van der Waals surface area (Å²) < 4.78 is 13.2. The molecule has 0 atom stereocenters. The highest BCUT2D eigenvalue weighted by atomic mass is 35.5. The smallest absolute Gasteiger partial charge is 0.131 e. The van der Waals surface area contributed by atoms with Crippen molar-refractivity contribution in [3.05, 3.63) is 51.1 Å². The van der Waals surface area contributed by atoms with Gasteiger partial charge in [0.2, 0.25) is 0 Å². The molecule has 0 N–H and O–H groups in total. The van der Waals surface area contributed by atoms with Crippen molar-refractivity contribution in [3.63, 3.8) is 0 Å². The molecule has 15 heavy (non-hydrogen) atoms. The van der Waals surface area contributed by atoms with E-state index in [1.807, 2.05) is 0 Å². The van der Waals surface area contributed by atoms with E-state index < -0.39 is 0 Å². The third-order valence-electron chi connectivity index (χ3n) is 1.74. The first-order valence-corrected chi connectivity index (χ1v) is 4.75. The summed E-state index contributed by atoms with van der Waals surface area (Å²) in [4.78, 5) is 2.61. The average molecular weight is 226 g/mol. The second kappa shape index (κ2) is 6.06. The van der Waals surface area contributed by atoms with Gasteiger partial charge in [0.05, 0.1) is 5.02 Å². The summed E-state index contributed by atoms with van der Waals surface area (Å²) in [6.45, 7) is 0.360. The molecule has 1 rings (SSSR count). The summed E-state index contributed by atoms with van der Waals surface area (Å²) in [5, 5.41) is 3.72. The highest BCUT2D eigenvalue weighted by molar-refractivity contribution is 6.32. The largest absolute Gasteiger partial charge is 0.206 e. The first-order valence-electron chi connectivity index (χ1n) is 4.37. The maximum Gasteiger partial charge on any atom is 0.131 e. The normalized spacial score (nSPS) is 10.3. The van der Waals surface area contributed by atoms with Gasteiger partial charge in [0.15, 0.2) is 0 Å². The van der Waals surface area contributed by atoms with Gasteiger partial charge in [0, 0.05) is 17.0 Å². The molecule has 0 radical (unpaired) electrons. The Morgan fingerprint density at radius 2 is 2.33 bits per heavy atom. The van der Waals surface area contributed by atoms with Crippen molar-refractivity contribution in [1.29, 1.82) is 0 Å². The summed E-state index contributed by atoms with van der Waals surface area (Å²) in [5.41, 5.74) is 8.39. The topological polar surface area (TPSA) is 48.8 Å². The number of halogens is 2. The van der Waals surface area contributed by atoms with Crippen LogP contribution >= 0.6 is 11.6 Å². The Hall–Kier alpha value is -1.51. The van der Waals surface area contributed by atoms with E-state index >= 15 is 0 Å². The Kier molecular flexibility index (Phi) is 4.68. The zero-order valence-corrected chi connectivity index (χ0v) is 8.65. The molecule has 1 aromatic carbocycles. The number of hydrogen-bond donors (Lipinski definition) is 0. The second-order valence-corrected chi connectivity index (χ2v) is 3.19. The Labute approximate surface area is 91.8 Å².